The summed E-state index contributed by atoms with van der Waals surface area (Å²) >= 11 is 6.27. The van der Waals surface area contributed by atoms with Crippen LogP contribution in [-0.2, 0) is 26.5 Å². The standard InChI is InChI=1S/C22H19ClFN3O4/c1-10(28)17-15-16(20(30)27(19(15)29)9-11-5-7-12(24)8-6-11)22(26-17)13-3-2-4-14(23)18(13)25-21(22)31/h2-8,10,15-17,26,28H,9H2,1H3,(H,25,31)/t10-,15-,16-,17+,22+/m0/s1. The first kappa shape index (κ1) is 20.1. The molecule has 3 amide bonds. The van der Waals surface area contributed by atoms with Crippen molar-refractivity contribution in [3.05, 3.63) is 64.4 Å². The van der Waals surface area contributed by atoms with Crippen LogP contribution in [-0.4, -0.2) is 39.9 Å². The molecule has 31 heavy (non-hydrogen) atoms. The van der Waals surface area contributed by atoms with Crippen molar-refractivity contribution in [1.82, 2.24) is 10.2 Å². The summed E-state index contributed by atoms with van der Waals surface area (Å²) in [6, 6.07) is 9.69. The van der Waals surface area contributed by atoms with Gasteiger partial charge in [-0.2, -0.15) is 0 Å². The Hall–Kier alpha value is -2.81. The van der Waals surface area contributed by atoms with Crippen LogP contribution in [0.3, 0.4) is 0 Å². The molecule has 5 atom stereocenters. The van der Waals surface area contributed by atoms with Gasteiger partial charge in [-0.1, -0.05) is 35.9 Å². The average Bonchev–Trinajstić information content (AvgIpc) is 3.32. The number of imide groups is 1. The minimum absolute atomic E-state index is 0.0441. The highest BCUT2D eigenvalue weighted by Gasteiger charge is 2.71. The number of benzene rings is 2. The highest BCUT2D eigenvalue weighted by Crippen LogP contribution is 2.54. The summed E-state index contributed by atoms with van der Waals surface area (Å²) in [5, 5.41) is 16.6. The maximum absolute atomic E-state index is 13.5. The van der Waals surface area contributed by atoms with E-state index in [1.165, 1.54) is 31.2 Å². The Morgan fingerprint density at radius 3 is 2.55 bits per heavy atom. The maximum Gasteiger partial charge on any atom is 0.250 e. The molecular formula is C22H19ClFN3O4. The van der Waals surface area contributed by atoms with E-state index in [4.69, 9.17) is 11.6 Å². The Balaban J connectivity index is 1.61. The maximum atomic E-state index is 13.5. The van der Waals surface area contributed by atoms with Crippen LogP contribution >= 0.6 is 11.6 Å². The number of para-hydroxylation sites is 1. The second-order valence-electron chi connectivity index (χ2n) is 8.23. The molecular weight excluding hydrogens is 425 g/mol. The van der Waals surface area contributed by atoms with Crippen molar-refractivity contribution in [2.75, 3.05) is 5.32 Å². The molecule has 0 radical (unpaired) electrons. The summed E-state index contributed by atoms with van der Waals surface area (Å²) in [6.07, 6.45) is -0.995. The molecule has 0 aromatic heterocycles. The molecule has 2 aromatic carbocycles. The van der Waals surface area contributed by atoms with E-state index in [1.54, 1.807) is 18.2 Å². The number of nitrogens with one attached hydrogen (secondary N) is 2. The van der Waals surface area contributed by atoms with Gasteiger partial charge in [0.25, 0.3) is 0 Å². The number of carbonyl (C=O) groups excluding carboxylic acids is 3. The van der Waals surface area contributed by atoms with E-state index >= 15 is 0 Å². The molecule has 160 valence electrons. The number of carbonyl (C=O) groups is 3. The first-order chi connectivity index (χ1) is 14.8. The van der Waals surface area contributed by atoms with Gasteiger partial charge in [-0.05, 0) is 30.7 Å². The first-order valence-corrected chi connectivity index (χ1v) is 10.3. The molecule has 9 heteroatoms. The lowest BCUT2D eigenvalue weighted by molar-refractivity contribution is -0.143. The fraction of sp³-hybridized carbons (Fsp3) is 0.318. The lowest BCUT2D eigenvalue weighted by Crippen LogP contribution is -2.54. The molecule has 2 saturated heterocycles. The van der Waals surface area contributed by atoms with E-state index in [2.05, 4.69) is 10.6 Å². The molecule has 3 aliphatic heterocycles. The third-order valence-electron chi connectivity index (χ3n) is 6.50. The average molecular weight is 444 g/mol. The highest BCUT2D eigenvalue weighted by molar-refractivity contribution is 6.35. The van der Waals surface area contributed by atoms with Crippen LogP contribution in [0.5, 0.6) is 0 Å². The van der Waals surface area contributed by atoms with Crippen molar-refractivity contribution >= 4 is 35.0 Å². The normalized spacial score (nSPS) is 30.0. The summed E-state index contributed by atoms with van der Waals surface area (Å²) in [5.41, 5.74) is -0.0635. The van der Waals surface area contributed by atoms with Gasteiger partial charge in [0.1, 0.15) is 11.4 Å². The van der Waals surface area contributed by atoms with Gasteiger partial charge < -0.3 is 10.4 Å². The quantitative estimate of drug-likeness (QED) is 0.628. The molecule has 0 saturated carbocycles. The number of anilines is 1. The summed E-state index contributed by atoms with van der Waals surface area (Å²) in [6.45, 7) is 1.47. The number of rotatable bonds is 3. The number of hydrogen-bond donors (Lipinski definition) is 3. The van der Waals surface area contributed by atoms with Crippen molar-refractivity contribution < 1.29 is 23.9 Å². The zero-order valence-electron chi connectivity index (χ0n) is 16.4. The van der Waals surface area contributed by atoms with Gasteiger partial charge >= 0.3 is 0 Å². The van der Waals surface area contributed by atoms with Crippen LogP contribution in [0, 0.1) is 17.7 Å². The van der Waals surface area contributed by atoms with E-state index in [-0.39, 0.29) is 6.54 Å². The van der Waals surface area contributed by atoms with Crippen LogP contribution in [0.15, 0.2) is 42.5 Å². The highest BCUT2D eigenvalue weighted by atomic mass is 35.5. The fourth-order valence-corrected chi connectivity index (χ4v) is 5.35. The SMILES string of the molecule is C[C@H](O)[C@H]1N[C@@]2(C(=O)Nc3c(Cl)cccc32)[C@@H]2C(=O)N(Cc3ccc(F)cc3)C(=O)[C@H]12. The summed E-state index contributed by atoms with van der Waals surface area (Å²) < 4.78 is 13.3. The van der Waals surface area contributed by atoms with E-state index in [9.17, 15) is 23.9 Å². The number of amides is 3. The monoisotopic (exact) mass is 443 g/mol. The second-order valence-corrected chi connectivity index (χ2v) is 8.63. The molecule has 3 heterocycles. The Labute approximate surface area is 182 Å². The minimum Gasteiger partial charge on any atom is -0.392 e. The Morgan fingerprint density at radius 2 is 1.87 bits per heavy atom. The number of aliphatic hydroxyl groups is 1. The second kappa shape index (κ2) is 6.85. The van der Waals surface area contributed by atoms with Gasteiger partial charge in [0.2, 0.25) is 17.7 Å². The summed E-state index contributed by atoms with van der Waals surface area (Å²) in [4.78, 5) is 41.2. The number of likely N-dealkylation sites (tertiary alicyclic amines) is 1. The zero-order valence-corrected chi connectivity index (χ0v) is 17.2. The lowest BCUT2D eigenvalue weighted by Gasteiger charge is -2.30. The molecule has 1 spiro atoms. The minimum atomic E-state index is -1.52. The molecule has 2 aromatic rings. The van der Waals surface area contributed by atoms with E-state index in [1.807, 2.05) is 0 Å². The van der Waals surface area contributed by atoms with Crippen molar-refractivity contribution in [3.63, 3.8) is 0 Å². The smallest absolute Gasteiger partial charge is 0.250 e. The Bertz CT molecular complexity index is 1120. The van der Waals surface area contributed by atoms with Gasteiger partial charge in [-0.25, -0.2) is 4.39 Å². The number of aliphatic hydroxyl groups excluding tert-OH is 1. The molecule has 2 fully saturated rings. The van der Waals surface area contributed by atoms with Crippen molar-refractivity contribution in [2.24, 2.45) is 11.8 Å². The van der Waals surface area contributed by atoms with Crippen LogP contribution in [0.25, 0.3) is 0 Å². The fourth-order valence-electron chi connectivity index (χ4n) is 5.13. The van der Waals surface area contributed by atoms with Gasteiger partial charge in [0, 0.05) is 11.6 Å². The number of nitrogens with zero attached hydrogens (tertiary/aromatic N) is 1. The summed E-state index contributed by atoms with van der Waals surface area (Å²) in [5.74, 6) is -3.87. The zero-order chi connectivity index (χ0) is 22.1. The van der Waals surface area contributed by atoms with E-state index in [0.717, 1.165) is 4.90 Å². The molecule has 0 unspecified atom stereocenters. The van der Waals surface area contributed by atoms with E-state index in [0.29, 0.717) is 21.8 Å². The van der Waals surface area contributed by atoms with Gasteiger partial charge in [0.15, 0.2) is 0 Å². The van der Waals surface area contributed by atoms with Crippen molar-refractivity contribution in [1.29, 1.82) is 0 Å². The number of halogens is 2. The topological polar surface area (TPSA) is 98.7 Å². The van der Waals surface area contributed by atoms with Crippen LogP contribution in [0.2, 0.25) is 5.02 Å². The molecule has 0 aliphatic carbocycles. The first-order valence-electron chi connectivity index (χ1n) is 9.91. The third-order valence-corrected chi connectivity index (χ3v) is 6.81. The molecule has 5 rings (SSSR count). The number of hydrogen-bond acceptors (Lipinski definition) is 5. The van der Waals surface area contributed by atoms with Gasteiger partial charge in [-0.3, -0.25) is 24.6 Å². The third kappa shape index (κ3) is 2.68. The Morgan fingerprint density at radius 1 is 1.16 bits per heavy atom. The molecule has 3 aliphatic rings. The van der Waals surface area contributed by atoms with Crippen LogP contribution in [0.4, 0.5) is 10.1 Å². The number of fused-ring (bicyclic) bond motifs is 4. The molecule has 0 bridgehead atoms. The predicted molar refractivity (Wildman–Crippen MR) is 109 cm³/mol. The van der Waals surface area contributed by atoms with Gasteiger partial charge in [-0.15, -0.1) is 0 Å². The van der Waals surface area contributed by atoms with Crippen molar-refractivity contribution in [3.8, 4) is 0 Å². The predicted octanol–water partition coefficient (Wildman–Crippen LogP) is 1.78. The lowest BCUT2D eigenvalue weighted by atomic mass is 9.76. The van der Waals surface area contributed by atoms with Crippen molar-refractivity contribution in [2.45, 2.75) is 31.2 Å². The van der Waals surface area contributed by atoms with E-state index < -0.39 is 53.1 Å². The Kier molecular flexibility index (Phi) is 4.44. The largest absolute Gasteiger partial charge is 0.392 e. The van der Waals surface area contributed by atoms with Crippen LogP contribution in [0.1, 0.15) is 18.1 Å². The summed E-state index contributed by atoms with van der Waals surface area (Å²) in [7, 11) is 0. The van der Waals surface area contributed by atoms with Crippen LogP contribution < -0.4 is 10.6 Å². The molecule has 3 N–H and O–H groups in total. The molecule has 7 nitrogen and oxygen atoms in total. The van der Waals surface area contributed by atoms with Gasteiger partial charge in [0.05, 0.1) is 35.2 Å².